The molecule has 656 valence electrons. The molecule has 0 aromatic heterocycles. The quantitative estimate of drug-likeness (QED) is 0.0229. The summed E-state index contributed by atoms with van der Waals surface area (Å²) >= 11 is 14.3. The Morgan fingerprint density at radius 3 is 1.88 bits per heavy atom. The Hall–Kier alpha value is -10.3. The minimum absolute atomic E-state index is 0.0626. The number of rotatable bonds is 29. The van der Waals surface area contributed by atoms with Gasteiger partial charge in [0.1, 0.15) is 95.5 Å². The van der Waals surface area contributed by atoms with Crippen LogP contribution < -0.4 is 73.5 Å². The number of amides is 9. The lowest BCUT2D eigenvalue weighted by Gasteiger charge is -2.47. The third-order valence-electron chi connectivity index (χ3n) is 20.6. The number of nitrogens with one attached hydrogen (secondary N) is 9. The predicted molar refractivity (Wildman–Crippen MR) is 427 cm³/mol. The van der Waals surface area contributed by atoms with Crippen molar-refractivity contribution in [2.45, 2.75) is 182 Å². The van der Waals surface area contributed by atoms with Gasteiger partial charge < -0.3 is 148 Å². The second-order valence-corrected chi connectivity index (χ2v) is 31.1. The molecular formula is C81H101Cl2N11O27. The number of halogens is 2. The Labute approximate surface area is 704 Å². The number of terminal acetylenes is 1. The van der Waals surface area contributed by atoms with Crippen LogP contribution >= 0.6 is 23.2 Å². The van der Waals surface area contributed by atoms with E-state index >= 15 is 19.2 Å². The highest BCUT2D eigenvalue weighted by atomic mass is 35.5. The first-order valence-corrected chi connectivity index (χ1v) is 39.8. The number of nitrogens with two attached hydrogens (primary N) is 2. The number of fused-ring (bicyclic) bond motifs is 15. The van der Waals surface area contributed by atoms with Crippen molar-refractivity contribution in [1.29, 1.82) is 0 Å². The van der Waals surface area contributed by atoms with Crippen molar-refractivity contribution in [2.24, 2.45) is 17.4 Å². The first-order valence-electron chi connectivity index (χ1n) is 39.0. The zero-order chi connectivity index (χ0) is 87.8. The zero-order valence-corrected chi connectivity index (χ0v) is 68.1. The molecule has 5 aromatic carbocycles. The number of phenolic OH excluding ortho intramolecular Hbond substituents is 3. The molecule has 11 bridgehead atoms. The number of benzene rings is 5. The first-order chi connectivity index (χ1) is 57.6. The highest BCUT2D eigenvalue weighted by molar-refractivity contribution is 6.32. The van der Waals surface area contributed by atoms with Gasteiger partial charge >= 0.3 is 0 Å². The minimum Gasteiger partial charge on any atom is -0.508 e. The van der Waals surface area contributed by atoms with Crippen LogP contribution in [0.15, 0.2) is 78.9 Å². The number of carbonyl (C=O) groups is 9. The number of aliphatic hydroxyl groups is 6. The van der Waals surface area contributed by atoms with Gasteiger partial charge in [0.2, 0.25) is 65.2 Å². The lowest BCUT2D eigenvalue weighted by molar-refractivity contribution is -0.333. The molecule has 2 saturated heterocycles. The van der Waals surface area contributed by atoms with Gasteiger partial charge in [0, 0.05) is 68.3 Å². The molecule has 5 aromatic rings. The Balaban J connectivity index is 1.09. The molecule has 38 nitrogen and oxygen atoms in total. The van der Waals surface area contributed by atoms with E-state index in [1.165, 1.54) is 39.1 Å². The molecule has 0 radical (unpaired) electrons. The second kappa shape index (κ2) is 42.0. The van der Waals surface area contributed by atoms with E-state index in [9.17, 15) is 69.9 Å². The SMILES string of the molecule is C#CCCC(=O)NCCCOCCOCCOCCCNC(=O)[C@H]1NC(=O)[C@H]2NC(=O)[C@H](NC(=O)[C@@H]3NC(=O)[C@H](CC(N)=O)NC(=O)[C@H](NC(=O)[C@@H](CC(C)C)NC)[C@H](O)c4ccc(c(Cl)c4)Oc4cc3cc(c4O[C@@H]3O[C@H](CO)[C@@H](O)[C@H](O)[C@H]3O[C@H]3C[C@](C)(N)[C@H](O)[C@H](C)O3)Oc3ccc(cc3Cl)[C@H]2O)c2ccc(O)c(c2)-c2c(O)cc(O)cc21. The van der Waals surface area contributed by atoms with E-state index in [0.717, 1.165) is 60.7 Å². The van der Waals surface area contributed by atoms with Gasteiger partial charge in [-0.1, -0.05) is 55.2 Å². The molecule has 2 fully saturated rings. The monoisotopic (exact) mass is 1730 g/mol. The van der Waals surface area contributed by atoms with Gasteiger partial charge in [-0.05, 0) is 128 Å². The summed E-state index contributed by atoms with van der Waals surface area (Å²) < 4.78 is 55.5. The fourth-order valence-corrected chi connectivity index (χ4v) is 14.7. The molecule has 40 heteroatoms. The number of hydrogen-bond donors (Lipinski definition) is 20. The van der Waals surface area contributed by atoms with Crippen molar-refractivity contribution < 1.29 is 132 Å². The van der Waals surface area contributed by atoms with E-state index in [2.05, 4.69) is 53.8 Å². The van der Waals surface area contributed by atoms with Gasteiger partial charge in [-0.3, -0.25) is 43.2 Å². The Morgan fingerprint density at radius 2 is 1.28 bits per heavy atom. The number of carbonyl (C=O) groups excluding carboxylic acids is 9. The van der Waals surface area contributed by atoms with Gasteiger partial charge in [0.25, 0.3) is 0 Å². The van der Waals surface area contributed by atoms with Gasteiger partial charge in [0.05, 0.1) is 67.8 Å². The van der Waals surface area contributed by atoms with Gasteiger partial charge in [0.15, 0.2) is 23.9 Å². The molecule has 7 heterocycles. The van der Waals surface area contributed by atoms with E-state index in [1.54, 1.807) is 0 Å². The lowest BCUT2D eigenvalue weighted by atomic mass is 9.86. The average Bonchev–Trinajstić information content (AvgIpc) is 0.762. The number of likely N-dealkylation sites (N-methyl/N-ethyl adjacent to an activating group) is 1. The summed E-state index contributed by atoms with van der Waals surface area (Å²) in [6.45, 7) is 7.18. The summed E-state index contributed by atoms with van der Waals surface area (Å²) in [5.74, 6) is -12.7. The maximum absolute atomic E-state index is 16.3. The molecule has 9 amide bonds. The molecule has 0 spiro atoms. The van der Waals surface area contributed by atoms with Crippen molar-refractivity contribution in [3.8, 4) is 69.5 Å². The summed E-state index contributed by atoms with van der Waals surface area (Å²) in [7, 11) is 1.48. The van der Waals surface area contributed by atoms with Gasteiger partial charge in [-0.25, -0.2) is 0 Å². The Kier molecular flexibility index (Phi) is 32.3. The fourth-order valence-electron chi connectivity index (χ4n) is 14.2. The maximum Gasteiger partial charge on any atom is 0.248 e. The predicted octanol–water partition coefficient (Wildman–Crippen LogP) is 0.497. The van der Waals surface area contributed by atoms with Crippen LogP contribution in [0.5, 0.6) is 46.0 Å². The normalized spacial score (nSPS) is 26.4. The maximum atomic E-state index is 16.3. The van der Waals surface area contributed by atoms with E-state index in [0.29, 0.717) is 26.0 Å². The minimum atomic E-state index is -2.36. The van der Waals surface area contributed by atoms with Crippen LogP contribution in [-0.2, 0) is 71.6 Å². The molecule has 7 aliphatic heterocycles. The molecular weight excluding hydrogens is 1630 g/mol. The third kappa shape index (κ3) is 23.3. The van der Waals surface area contributed by atoms with Crippen molar-refractivity contribution in [2.75, 3.05) is 66.4 Å². The summed E-state index contributed by atoms with van der Waals surface area (Å²) in [4.78, 5) is 132. The summed E-state index contributed by atoms with van der Waals surface area (Å²) in [6, 6.07) is 0.0458. The van der Waals surface area contributed by atoms with Crippen molar-refractivity contribution in [3.05, 3.63) is 117 Å². The number of aliphatic hydroxyl groups excluding tert-OH is 6. The molecule has 0 saturated carbocycles. The second-order valence-electron chi connectivity index (χ2n) is 30.3. The fraction of sp³-hybridized carbons (Fsp3) is 0.494. The van der Waals surface area contributed by atoms with Gasteiger partial charge in [-0.15, -0.1) is 12.3 Å². The molecule has 18 atom stereocenters. The van der Waals surface area contributed by atoms with Crippen LogP contribution in [0.25, 0.3) is 11.1 Å². The topological polar surface area (TPSA) is 579 Å². The van der Waals surface area contributed by atoms with Crippen LogP contribution in [0.1, 0.15) is 131 Å². The first kappa shape index (κ1) is 93.0. The van der Waals surface area contributed by atoms with E-state index < -0.39 is 237 Å². The van der Waals surface area contributed by atoms with Crippen molar-refractivity contribution in [3.63, 3.8) is 0 Å². The van der Waals surface area contributed by atoms with Crippen molar-refractivity contribution >= 4 is 76.4 Å². The molecule has 7 aliphatic rings. The summed E-state index contributed by atoms with van der Waals surface area (Å²) in [5, 5.41) is 128. The lowest BCUT2D eigenvalue weighted by Crippen LogP contribution is -2.64. The van der Waals surface area contributed by atoms with Crippen LogP contribution in [0, 0.1) is 18.3 Å². The number of phenols is 3. The van der Waals surface area contributed by atoms with Crippen LogP contribution in [0.3, 0.4) is 0 Å². The molecule has 0 aliphatic carbocycles. The third-order valence-corrected chi connectivity index (χ3v) is 21.2. The standard InChI is InChI=1S/C81H101Cl2N11O27/c1-7-8-11-58(100)87-18-9-20-113-22-24-115-25-23-114-21-10-19-88-75(108)63-45-32-43(96)33-51(98)60(45)44-27-39(12-15-50(44)97)61-76(109)94-65(79(112)92-63)67(102)41-14-17-53(47(83)29-41)118-55-31-42-30-54(70(55)121-80-71(69(104)68(103)56(36-95)119-80)120-59-35-81(5,85)72(105)38(4)116-59)117-52-16-13-40(28-46(52)82)66(101)64(93-73(106)48(86-6)26-37(2)3)78(111)89-49(34-57(84)99)74(107)90-62(42)77(110)91-61/h1,12-17,27-33,37-38,48-49,56,59,61-69,71-72,80,86,95-98,101-105H,8-11,18-26,34-36,85H2,2-6H3,(H2,84,99)(H,87,100)(H,88,108)(H,89,111)(H,90,107)(H,91,110)(H,92,112)(H,93,106)(H,94,109)/t38-,48+,49-,56+,59-,61+,62+,63-,64+,65-,66+,67+,68+,69-,71+,72+,80-,81-/m0/s1. The summed E-state index contributed by atoms with van der Waals surface area (Å²) in [6.07, 6.45) is -12.2. The smallest absolute Gasteiger partial charge is 0.248 e. The van der Waals surface area contributed by atoms with E-state index in [4.69, 9.17) is 83.7 Å². The van der Waals surface area contributed by atoms with Crippen LogP contribution in [0.2, 0.25) is 10.0 Å². The Morgan fingerprint density at radius 1 is 0.686 bits per heavy atom. The van der Waals surface area contributed by atoms with E-state index in [1.807, 2.05) is 13.8 Å². The Bertz CT molecular complexity index is 4640. The number of ether oxygens (including phenoxy) is 9. The molecule has 121 heavy (non-hydrogen) atoms. The highest BCUT2D eigenvalue weighted by Crippen LogP contribution is 2.50. The molecule has 12 rings (SSSR count). The molecule has 0 unspecified atom stereocenters. The average molecular weight is 1730 g/mol. The van der Waals surface area contributed by atoms with Crippen molar-refractivity contribution in [1.82, 2.24) is 47.9 Å². The largest absolute Gasteiger partial charge is 0.508 e. The number of aromatic hydroxyl groups is 3. The zero-order valence-electron chi connectivity index (χ0n) is 66.6. The van der Waals surface area contributed by atoms with Crippen LogP contribution in [-0.4, -0.2) is 244 Å². The van der Waals surface area contributed by atoms with E-state index in [-0.39, 0.29) is 105 Å². The number of primary amides is 1. The highest BCUT2D eigenvalue weighted by Gasteiger charge is 2.52. The van der Waals surface area contributed by atoms with Gasteiger partial charge in [-0.2, -0.15) is 0 Å². The van der Waals surface area contributed by atoms with Crippen LogP contribution in [0.4, 0.5) is 0 Å². The molecule has 22 N–H and O–H groups in total. The number of hydrogen-bond acceptors (Lipinski definition) is 29. The summed E-state index contributed by atoms with van der Waals surface area (Å²) in [5.41, 5.74) is 8.46.